The van der Waals surface area contributed by atoms with Crippen molar-refractivity contribution in [3.05, 3.63) is 63.6 Å². The van der Waals surface area contributed by atoms with Crippen LogP contribution in [0.25, 0.3) is 0 Å². The van der Waals surface area contributed by atoms with Crippen LogP contribution >= 0.6 is 23.2 Å². The number of aryl methyl sites for hydroxylation is 1. The van der Waals surface area contributed by atoms with E-state index >= 15 is 0 Å². The number of carbonyl (C=O) groups is 1. The van der Waals surface area contributed by atoms with Crippen LogP contribution in [0.5, 0.6) is 5.75 Å². The smallest absolute Gasteiger partial charge is 0.283 e. The van der Waals surface area contributed by atoms with Gasteiger partial charge in [-0.25, -0.2) is 5.43 Å². The van der Waals surface area contributed by atoms with Crippen LogP contribution in [0.1, 0.15) is 38.3 Å². The summed E-state index contributed by atoms with van der Waals surface area (Å²) in [6.45, 7) is 5.49. The zero-order valence-corrected chi connectivity index (χ0v) is 16.6. The molecule has 0 heterocycles. The van der Waals surface area contributed by atoms with Crippen molar-refractivity contribution in [3.8, 4) is 5.75 Å². The molecule has 2 aromatic rings. The lowest BCUT2D eigenvalue weighted by Crippen LogP contribution is -2.44. The standard InChI is InChI=1S/C20H22Cl2N2O2/c1-4-6-14-9-11-15(12-10-14)26-20(2,3)19(25)24-23-13-16-17(21)7-5-8-18(16)22/h5,7-13H,4,6H2,1-3H3,(H,24,25)/b23-13+. The Balaban J connectivity index is 1.99. The van der Waals surface area contributed by atoms with E-state index in [2.05, 4.69) is 17.5 Å². The van der Waals surface area contributed by atoms with Crippen molar-refractivity contribution in [2.24, 2.45) is 5.10 Å². The quantitative estimate of drug-likeness (QED) is 0.516. The molecule has 0 saturated carbocycles. The Morgan fingerprint density at radius 1 is 1.15 bits per heavy atom. The number of halogens is 2. The number of hydrogen-bond donors (Lipinski definition) is 1. The fourth-order valence-corrected chi connectivity index (χ4v) is 2.77. The Morgan fingerprint density at radius 3 is 2.35 bits per heavy atom. The molecule has 2 rings (SSSR count). The Labute approximate surface area is 164 Å². The third kappa shape index (κ3) is 5.48. The van der Waals surface area contributed by atoms with E-state index < -0.39 is 5.60 Å². The zero-order valence-electron chi connectivity index (χ0n) is 15.1. The van der Waals surface area contributed by atoms with Gasteiger partial charge in [0.05, 0.1) is 16.3 Å². The highest BCUT2D eigenvalue weighted by atomic mass is 35.5. The predicted octanol–water partition coefficient (Wildman–Crippen LogP) is 5.25. The van der Waals surface area contributed by atoms with Crippen LogP contribution in [0.2, 0.25) is 10.0 Å². The molecular formula is C20H22Cl2N2O2. The number of hydrazone groups is 1. The number of benzene rings is 2. The second-order valence-corrected chi connectivity index (χ2v) is 7.16. The SMILES string of the molecule is CCCc1ccc(OC(C)(C)C(=O)N/N=C/c2c(Cl)cccc2Cl)cc1. The van der Waals surface area contributed by atoms with E-state index in [9.17, 15) is 4.79 Å². The van der Waals surface area contributed by atoms with E-state index in [1.165, 1.54) is 11.8 Å². The molecule has 0 aliphatic carbocycles. The van der Waals surface area contributed by atoms with Crippen LogP contribution in [0, 0.1) is 0 Å². The van der Waals surface area contributed by atoms with Crippen molar-refractivity contribution in [3.63, 3.8) is 0 Å². The average Bonchev–Trinajstić information content (AvgIpc) is 2.59. The third-order valence-electron chi connectivity index (χ3n) is 3.74. The molecular weight excluding hydrogens is 371 g/mol. The molecule has 0 bridgehead atoms. The summed E-state index contributed by atoms with van der Waals surface area (Å²) in [4.78, 5) is 12.4. The molecule has 1 N–H and O–H groups in total. The summed E-state index contributed by atoms with van der Waals surface area (Å²) < 4.78 is 5.81. The fourth-order valence-electron chi connectivity index (χ4n) is 2.28. The molecule has 0 atom stereocenters. The van der Waals surface area contributed by atoms with Gasteiger partial charge in [-0.3, -0.25) is 4.79 Å². The molecule has 0 spiro atoms. The first-order chi connectivity index (χ1) is 12.3. The molecule has 0 aliphatic rings. The van der Waals surface area contributed by atoms with Crippen molar-refractivity contribution >= 4 is 35.3 Å². The second-order valence-electron chi connectivity index (χ2n) is 6.34. The molecule has 0 saturated heterocycles. The first-order valence-electron chi connectivity index (χ1n) is 8.39. The van der Waals surface area contributed by atoms with Gasteiger partial charge in [0, 0.05) is 5.56 Å². The third-order valence-corrected chi connectivity index (χ3v) is 4.40. The largest absolute Gasteiger partial charge is 0.478 e. The summed E-state index contributed by atoms with van der Waals surface area (Å²) in [5.74, 6) is 0.248. The van der Waals surface area contributed by atoms with Crippen LogP contribution in [0.4, 0.5) is 0 Å². The Morgan fingerprint density at radius 2 is 1.77 bits per heavy atom. The van der Waals surface area contributed by atoms with Crippen LogP contribution < -0.4 is 10.2 Å². The van der Waals surface area contributed by atoms with Crippen LogP contribution in [0.3, 0.4) is 0 Å². The summed E-state index contributed by atoms with van der Waals surface area (Å²) in [7, 11) is 0. The second kappa shape index (κ2) is 9.06. The molecule has 2 aromatic carbocycles. The van der Waals surface area contributed by atoms with E-state index in [1.54, 1.807) is 32.0 Å². The van der Waals surface area contributed by atoms with Gasteiger partial charge in [0.15, 0.2) is 5.60 Å². The minimum Gasteiger partial charge on any atom is -0.478 e. The molecule has 0 aliphatic heterocycles. The maximum Gasteiger partial charge on any atom is 0.283 e. The molecule has 0 aromatic heterocycles. The highest BCUT2D eigenvalue weighted by Gasteiger charge is 2.29. The van der Waals surface area contributed by atoms with E-state index in [-0.39, 0.29) is 5.91 Å². The maximum absolute atomic E-state index is 12.4. The van der Waals surface area contributed by atoms with Crippen molar-refractivity contribution in [1.82, 2.24) is 5.43 Å². The normalized spacial score (nSPS) is 11.6. The molecule has 0 fully saturated rings. The van der Waals surface area contributed by atoms with Gasteiger partial charge in [-0.2, -0.15) is 5.10 Å². The highest BCUT2D eigenvalue weighted by Crippen LogP contribution is 2.22. The van der Waals surface area contributed by atoms with Gasteiger partial charge in [0.1, 0.15) is 5.75 Å². The first-order valence-corrected chi connectivity index (χ1v) is 9.14. The van der Waals surface area contributed by atoms with Gasteiger partial charge in [0.25, 0.3) is 5.91 Å². The van der Waals surface area contributed by atoms with Gasteiger partial charge in [-0.05, 0) is 50.1 Å². The molecule has 26 heavy (non-hydrogen) atoms. The van der Waals surface area contributed by atoms with Crippen molar-refractivity contribution in [2.75, 3.05) is 0 Å². The number of ether oxygens (including phenoxy) is 1. The van der Waals surface area contributed by atoms with Gasteiger partial charge in [0.2, 0.25) is 0 Å². The van der Waals surface area contributed by atoms with Gasteiger partial charge >= 0.3 is 0 Å². The summed E-state index contributed by atoms with van der Waals surface area (Å²) in [6.07, 6.45) is 3.52. The van der Waals surface area contributed by atoms with E-state index in [0.29, 0.717) is 21.4 Å². The number of nitrogens with zero attached hydrogens (tertiary/aromatic N) is 1. The summed E-state index contributed by atoms with van der Waals surface area (Å²) in [6, 6.07) is 12.9. The maximum atomic E-state index is 12.4. The number of rotatable bonds is 7. The van der Waals surface area contributed by atoms with Gasteiger partial charge in [-0.15, -0.1) is 0 Å². The molecule has 1 amide bonds. The van der Waals surface area contributed by atoms with Crippen LogP contribution in [-0.2, 0) is 11.2 Å². The molecule has 6 heteroatoms. The number of hydrogen-bond acceptors (Lipinski definition) is 3. The summed E-state index contributed by atoms with van der Waals surface area (Å²) >= 11 is 12.1. The van der Waals surface area contributed by atoms with Gasteiger partial charge in [-0.1, -0.05) is 54.7 Å². The lowest BCUT2D eigenvalue weighted by atomic mass is 10.1. The summed E-state index contributed by atoms with van der Waals surface area (Å²) in [5.41, 5.74) is 3.16. The molecule has 138 valence electrons. The lowest BCUT2D eigenvalue weighted by Gasteiger charge is -2.24. The molecule has 0 radical (unpaired) electrons. The number of amides is 1. The summed E-state index contributed by atoms with van der Waals surface area (Å²) in [5, 5.41) is 4.85. The topological polar surface area (TPSA) is 50.7 Å². The van der Waals surface area contributed by atoms with E-state index in [4.69, 9.17) is 27.9 Å². The van der Waals surface area contributed by atoms with Crippen molar-refractivity contribution in [2.45, 2.75) is 39.2 Å². The van der Waals surface area contributed by atoms with Crippen molar-refractivity contribution in [1.29, 1.82) is 0 Å². The molecule has 0 unspecified atom stereocenters. The molecule has 4 nitrogen and oxygen atoms in total. The zero-order chi connectivity index (χ0) is 19.2. The van der Waals surface area contributed by atoms with E-state index in [0.717, 1.165) is 12.8 Å². The minimum atomic E-state index is -1.09. The van der Waals surface area contributed by atoms with Crippen LogP contribution in [-0.4, -0.2) is 17.7 Å². The number of nitrogens with one attached hydrogen (secondary N) is 1. The Kier molecular flexibility index (Phi) is 7.06. The van der Waals surface area contributed by atoms with Crippen molar-refractivity contribution < 1.29 is 9.53 Å². The Hall–Kier alpha value is -2.04. The average molecular weight is 393 g/mol. The van der Waals surface area contributed by atoms with Crippen LogP contribution in [0.15, 0.2) is 47.6 Å². The minimum absolute atomic E-state index is 0.380. The lowest BCUT2D eigenvalue weighted by molar-refractivity contribution is -0.134. The fraction of sp³-hybridized carbons (Fsp3) is 0.300. The van der Waals surface area contributed by atoms with E-state index in [1.807, 2.05) is 24.3 Å². The van der Waals surface area contributed by atoms with Gasteiger partial charge < -0.3 is 4.74 Å². The Bertz CT molecular complexity index is 767. The highest BCUT2D eigenvalue weighted by molar-refractivity contribution is 6.38. The first kappa shape index (κ1) is 20.3. The number of carbonyl (C=O) groups excluding carboxylic acids is 1. The predicted molar refractivity (Wildman–Crippen MR) is 107 cm³/mol. The monoisotopic (exact) mass is 392 g/mol.